The Balaban J connectivity index is 1.60. The molecule has 2 aromatic carbocycles. The molecule has 0 saturated heterocycles. The molecular formula is C18H18N6O. The lowest BCUT2D eigenvalue weighted by Crippen LogP contribution is -2.30. The third-order valence-corrected chi connectivity index (χ3v) is 4.12. The minimum atomic E-state index is -0.242. The summed E-state index contributed by atoms with van der Waals surface area (Å²) >= 11 is 0. The number of urea groups is 1. The first-order chi connectivity index (χ1) is 12.1. The van der Waals surface area contributed by atoms with E-state index >= 15 is 0 Å². The van der Waals surface area contributed by atoms with Crippen molar-refractivity contribution in [2.75, 3.05) is 11.1 Å². The number of rotatable bonds is 4. The standard InChI is InChI=1S/C18H18N6O/c19-13-8-7-11(22-18(25)21-10-5-6-10)9-12(13)16(20)17-23-14-3-1-2-4-15(14)24-17/h1-4,7-10,20H,5-6,19H2,(H,23,24)(H2,21,22,25). The molecule has 25 heavy (non-hydrogen) atoms. The summed E-state index contributed by atoms with van der Waals surface area (Å²) in [6, 6.07) is 12.7. The molecule has 3 aromatic rings. The number of nitrogens with zero attached hydrogens (tertiary/aromatic N) is 1. The van der Waals surface area contributed by atoms with Crippen LogP contribution in [0.3, 0.4) is 0 Å². The van der Waals surface area contributed by atoms with Gasteiger partial charge in [-0.15, -0.1) is 0 Å². The van der Waals surface area contributed by atoms with Gasteiger partial charge in [-0.3, -0.25) is 5.41 Å². The highest BCUT2D eigenvalue weighted by atomic mass is 16.2. The zero-order valence-corrected chi connectivity index (χ0v) is 13.5. The van der Waals surface area contributed by atoms with Crippen molar-refractivity contribution in [3.05, 3.63) is 53.9 Å². The summed E-state index contributed by atoms with van der Waals surface area (Å²) in [7, 11) is 0. The fourth-order valence-corrected chi connectivity index (χ4v) is 2.63. The van der Waals surface area contributed by atoms with Crippen molar-refractivity contribution in [3.63, 3.8) is 0 Å². The van der Waals surface area contributed by atoms with E-state index in [0.29, 0.717) is 22.8 Å². The van der Waals surface area contributed by atoms with Crippen molar-refractivity contribution in [1.82, 2.24) is 15.3 Å². The Morgan fingerprint density at radius 3 is 2.80 bits per heavy atom. The summed E-state index contributed by atoms with van der Waals surface area (Å²) in [6.45, 7) is 0. The lowest BCUT2D eigenvalue weighted by molar-refractivity contribution is 0.251. The average molecular weight is 334 g/mol. The van der Waals surface area contributed by atoms with Gasteiger partial charge in [0, 0.05) is 23.0 Å². The van der Waals surface area contributed by atoms with Crippen LogP contribution in [0.5, 0.6) is 0 Å². The Bertz CT molecular complexity index is 940. The van der Waals surface area contributed by atoms with Crippen LogP contribution in [0.25, 0.3) is 11.0 Å². The Kier molecular flexibility index (Phi) is 3.61. The van der Waals surface area contributed by atoms with Crippen LogP contribution in [0, 0.1) is 5.41 Å². The van der Waals surface area contributed by atoms with E-state index in [1.807, 2.05) is 24.3 Å². The molecule has 1 aromatic heterocycles. The number of fused-ring (bicyclic) bond motifs is 1. The Hall–Kier alpha value is -3.35. The summed E-state index contributed by atoms with van der Waals surface area (Å²) in [5.41, 5.74) is 9.42. The normalized spacial score (nSPS) is 13.6. The van der Waals surface area contributed by atoms with E-state index in [9.17, 15) is 4.79 Å². The number of benzene rings is 2. The number of hydrogen-bond acceptors (Lipinski definition) is 4. The van der Waals surface area contributed by atoms with Crippen molar-refractivity contribution in [3.8, 4) is 0 Å². The molecule has 0 radical (unpaired) electrons. The zero-order valence-electron chi connectivity index (χ0n) is 13.5. The molecule has 0 spiro atoms. The van der Waals surface area contributed by atoms with Crippen molar-refractivity contribution < 1.29 is 4.79 Å². The SMILES string of the molecule is N=C(c1nc2ccccc2[nH]1)c1cc(NC(=O)NC2CC2)ccc1N. The van der Waals surface area contributed by atoms with E-state index in [4.69, 9.17) is 11.1 Å². The quantitative estimate of drug-likeness (QED) is 0.373. The fourth-order valence-electron chi connectivity index (χ4n) is 2.63. The maximum atomic E-state index is 11.9. The Morgan fingerprint density at radius 2 is 2.04 bits per heavy atom. The lowest BCUT2D eigenvalue weighted by Gasteiger charge is -2.10. The highest BCUT2D eigenvalue weighted by Gasteiger charge is 2.23. The van der Waals surface area contributed by atoms with Gasteiger partial charge in [-0.25, -0.2) is 9.78 Å². The maximum Gasteiger partial charge on any atom is 0.319 e. The largest absolute Gasteiger partial charge is 0.398 e. The summed E-state index contributed by atoms with van der Waals surface area (Å²) in [5, 5.41) is 14.1. The van der Waals surface area contributed by atoms with Gasteiger partial charge in [0.25, 0.3) is 0 Å². The number of imidazole rings is 1. The van der Waals surface area contributed by atoms with Crippen LogP contribution in [0.1, 0.15) is 24.2 Å². The average Bonchev–Trinajstić information content (AvgIpc) is 3.30. The second kappa shape index (κ2) is 5.94. The minimum absolute atomic E-state index is 0.181. The molecule has 0 aliphatic heterocycles. The van der Waals surface area contributed by atoms with Gasteiger partial charge in [0.05, 0.1) is 11.0 Å². The van der Waals surface area contributed by atoms with E-state index in [2.05, 4.69) is 20.6 Å². The van der Waals surface area contributed by atoms with Crippen LogP contribution in [-0.4, -0.2) is 27.8 Å². The zero-order chi connectivity index (χ0) is 17.4. The molecule has 1 aliphatic rings. The number of amides is 2. The van der Waals surface area contributed by atoms with Gasteiger partial charge in [-0.1, -0.05) is 12.1 Å². The molecule has 0 unspecified atom stereocenters. The minimum Gasteiger partial charge on any atom is -0.398 e. The highest BCUT2D eigenvalue weighted by Crippen LogP contribution is 2.22. The van der Waals surface area contributed by atoms with Crippen molar-refractivity contribution in [2.45, 2.75) is 18.9 Å². The summed E-state index contributed by atoms with van der Waals surface area (Å²) < 4.78 is 0. The van der Waals surface area contributed by atoms with Gasteiger partial charge in [0.1, 0.15) is 5.71 Å². The molecule has 0 bridgehead atoms. The number of nitrogens with one attached hydrogen (secondary N) is 4. The third-order valence-electron chi connectivity index (χ3n) is 4.12. The number of para-hydroxylation sites is 2. The summed E-state index contributed by atoms with van der Waals surface area (Å²) in [6.07, 6.45) is 2.05. The molecule has 2 amide bonds. The van der Waals surface area contributed by atoms with Crippen molar-refractivity contribution >= 4 is 34.2 Å². The maximum absolute atomic E-state index is 11.9. The lowest BCUT2D eigenvalue weighted by atomic mass is 10.1. The smallest absolute Gasteiger partial charge is 0.319 e. The summed E-state index contributed by atoms with van der Waals surface area (Å²) in [4.78, 5) is 19.4. The van der Waals surface area contributed by atoms with Gasteiger partial charge >= 0.3 is 6.03 Å². The van der Waals surface area contributed by atoms with Crippen LogP contribution in [0.15, 0.2) is 42.5 Å². The molecule has 1 saturated carbocycles. The molecule has 126 valence electrons. The number of nitrogen functional groups attached to an aromatic ring is 1. The van der Waals surface area contributed by atoms with Gasteiger partial charge < -0.3 is 21.4 Å². The van der Waals surface area contributed by atoms with Crippen LogP contribution in [-0.2, 0) is 0 Å². The predicted molar refractivity (Wildman–Crippen MR) is 98.1 cm³/mol. The van der Waals surface area contributed by atoms with Gasteiger partial charge in [-0.05, 0) is 43.2 Å². The molecule has 7 nitrogen and oxygen atoms in total. The summed E-state index contributed by atoms with van der Waals surface area (Å²) in [5.74, 6) is 0.437. The molecule has 4 rings (SSSR count). The number of H-pyrrole nitrogens is 1. The number of nitrogens with two attached hydrogens (primary N) is 1. The van der Waals surface area contributed by atoms with E-state index in [1.54, 1.807) is 18.2 Å². The first-order valence-electron chi connectivity index (χ1n) is 8.11. The molecule has 1 aliphatic carbocycles. The van der Waals surface area contributed by atoms with E-state index in [0.717, 1.165) is 23.9 Å². The highest BCUT2D eigenvalue weighted by molar-refractivity contribution is 6.13. The molecule has 1 heterocycles. The number of aromatic nitrogens is 2. The molecule has 6 N–H and O–H groups in total. The second-order valence-corrected chi connectivity index (χ2v) is 6.15. The van der Waals surface area contributed by atoms with Crippen LogP contribution in [0.4, 0.5) is 16.2 Å². The Labute approximate surface area is 144 Å². The van der Waals surface area contributed by atoms with Gasteiger partial charge in [0.15, 0.2) is 5.82 Å². The number of hydrogen-bond donors (Lipinski definition) is 5. The molecule has 0 atom stereocenters. The van der Waals surface area contributed by atoms with Crippen LogP contribution in [0.2, 0.25) is 0 Å². The number of aromatic amines is 1. The topological polar surface area (TPSA) is 120 Å². The number of carbonyl (C=O) groups is 1. The van der Waals surface area contributed by atoms with Crippen molar-refractivity contribution in [2.24, 2.45) is 0 Å². The van der Waals surface area contributed by atoms with E-state index in [-0.39, 0.29) is 17.8 Å². The first-order valence-corrected chi connectivity index (χ1v) is 8.11. The number of carbonyl (C=O) groups excluding carboxylic acids is 1. The van der Waals surface area contributed by atoms with E-state index < -0.39 is 0 Å². The van der Waals surface area contributed by atoms with Crippen molar-refractivity contribution in [1.29, 1.82) is 5.41 Å². The predicted octanol–water partition coefficient (Wildman–Crippen LogP) is 2.85. The Morgan fingerprint density at radius 1 is 1.24 bits per heavy atom. The van der Waals surface area contributed by atoms with Gasteiger partial charge in [0.2, 0.25) is 0 Å². The van der Waals surface area contributed by atoms with E-state index in [1.165, 1.54) is 0 Å². The first kappa shape index (κ1) is 15.2. The molecule has 7 heteroatoms. The van der Waals surface area contributed by atoms with Crippen LogP contribution < -0.4 is 16.4 Å². The second-order valence-electron chi connectivity index (χ2n) is 6.15. The molecular weight excluding hydrogens is 316 g/mol. The third kappa shape index (κ3) is 3.16. The monoisotopic (exact) mass is 334 g/mol. The number of anilines is 2. The fraction of sp³-hybridized carbons (Fsp3) is 0.167. The van der Waals surface area contributed by atoms with Crippen LogP contribution >= 0.6 is 0 Å². The molecule has 1 fully saturated rings. The van der Waals surface area contributed by atoms with Gasteiger partial charge in [-0.2, -0.15) is 0 Å².